The summed E-state index contributed by atoms with van der Waals surface area (Å²) < 4.78 is 5.63. The van der Waals surface area contributed by atoms with Crippen molar-refractivity contribution in [2.24, 2.45) is 0 Å². The van der Waals surface area contributed by atoms with Gasteiger partial charge in [-0.15, -0.1) is 0 Å². The van der Waals surface area contributed by atoms with Gasteiger partial charge in [0.15, 0.2) is 0 Å². The third-order valence-corrected chi connectivity index (χ3v) is 3.39. The Labute approximate surface area is 128 Å². The second-order valence-electron chi connectivity index (χ2n) is 5.66. The number of ether oxygens (including phenoxy) is 1. The minimum absolute atomic E-state index is 0.0139. The van der Waals surface area contributed by atoms with Crippen LogP contribution in [0.3, 0.4) is 0 Å². The van der Waals surface area contributed by atoms with Crippen LogP contribution in [-0.2, 0) is 9.53 Å². The van der Waals surface area contributed by atoms with E-state index in [0.29, 0.717) is 13.1 Å². The average molecular weight is 293 g/mol. The highest BCUT2D eigenvalue weighted by molar-refractivity contribution is 5.97. The Bertz CT molecular complexity index is 398. The molecule has 5 heteroatoms. The molecular weight excluding hydrogens is 266 g/mol. The molecule has 1 aliphatic rings. The molecule has 0 bridgehead atoms. The average Bonchev–Trinajstić information content (AvgIpc) is 2.43. The molecule has 0 aromatic rings. The van der Waals surface area contributed by atoms with Crippen LogP contribution in [0, 0.1) is 11.3 Å². The summed E-state index contributed by atoms with van der Waals surface area (Å²) >= 11 is 0. The van der Waals surface area contributed by atoms with Gasteiger partial charge in [-0.3, -0.25) is 4.79 Å². The summed E-state index contributed by atoms with van der Waals surface area (Å²) in [6, 6.07) is 2.06. The summed E-state index contributed by atoms with van der Waals surface area (Å²) in [6.45, 7) is 10.9. The van der Waals surface area contributed by atoms with Crippen molar-refractivity contribution in [3.05, 3.63) is 11.8 Å². The summed E-state index contributed by atoms with van der Waals surface area (Å²) in [7, 11) is 0. The number of amides is 1. The van der Waals surface area contributed by atoms with Crippen molar-refractivity contribution in [1.82, 2.24) is 9.80 Å². The lowest BCUT2D eigenvalue weighted by atomic mass is 10.2. The molecule has 1 fully saturated rings. The Hall–Kier alpha value is -1.54. The Morgan fingerprint density at radius 2 is 1.81 bits per heavy atom. The fourth-order valence-corrected chi connectivity index (χ4v) is 2.64. The molecule has 1 amide bonds. The molecule has 5 nitrogen and oxygen atoms in total. The van der Waals surface area contributed by atoms with Gasteiger partial charge in [0.25, 0.3) is 5.91 Å². The standard InChI is InChI=1S/C16H27N3O2/c1-5-7-18(8-6-2)12-15(9-17)16(20)19-10-13(3)21-14(4)11-19/h12-14H,5-8,10-11H2,1-4H3/b15-12-. The SMILES string of the molecule is CCCN(/C=C(/C#N)C(=O)N1CC(C)OC(C)C1)CCC. The molecule has 118 valence electrons. The van der Waals surface area contributed by atoms with Gasteiger partial charge in [-0.2, -0.15) is 5.26 Å². The van der Waals surface area contributed by atoms with Crippen molar-refractivity contribution in [3.63, 3.8) is 0 Å². The summed E-state index contributed by atoms with van der Waals surface area (Å²) in [4.78, 5) is 16.3. The number of morpholine rings is 1. The number of nitrogens with zero attached hydrogens (tertiary/aromatic N) is 3. The van der Waals surface area contributed by atoms with Gasteiger partial charge in [0.2, 0.25) is 0 Å². The van der Waals surface area contributed by atoms with E-state index in [9.17, 15) is 10.1 Å². The van der Waals surface area contributed by atoms with Gasteiger partial charge in [-0.25, -0.2) is 0 Å². The molecule has 1 rings (SSSR count). The zero-order valence-corrected chi connectivity index (χ0v) is 13.6. The minimum Gasteiger partial charge on any atom is -0.376 e. The summed E-state index contributed by atoms with van der Waals surface area (Å²) in [5, 5.41) is 9.32. The monoisotopic (exact) mass is 293 g/mol. The fourth-order valence-electron chi connectivity index (χ4n) is 2.64. The van der Waals surface area contributed by atoms with Crippen molar-refractivity contribution in [3.8, 4) is 6.07 Å². The van der Waals surface area contributed by atoms with Gasteiger partial charge in [-0.1, -0.05) is 13.8 Å². The Morgan fingerprint density at radius 1 is 1.29 bits per heavy atom. The number of carbonyl (C=O) groups excluding carboxylic acids is 1. The number of hydrogen-bond acceptors (Lipinski definition) is 4. The minimum atomic E-state index is -0.184. The predicted octanol–water partition coefficient (Wildman–Crippen LogP) is 2.15. The zero-order valence-electron chi connectivity index (χ0n) is 13.6. The normalized spacial score (nSPS) is 22.8. The zero-order chi connectivity index (χ0) is 15.8. The van der Waals surface area contributed by atoms with Crippen LogP contribution in [0.15, 0.2) is 11.8 Å². The van der Waals surface area contributed by atoms with Crippen molar-refractivity contribution in [2.75, 3.05) is 26.2 Å². The number of hydrogen-bond donors (Lipinski definition) is 0. The number of nitriles is 1. The molecule has 0 N–H and O–H groups in total. The molecule has 0 spiro atoms. The molecule has 1 saturated heterocycles. The van der Waals surface area contributed by atoms with Gasteiger partial charge >= 0.3 is 0 Å². The smallest absolute Gasteiger partial charge is 0.266 e. The van der Waals surface area contributed by atoms with Crippen LogP contribution in [0.4, 0.5) is 0 Å². The molecule has 0 radical (unpaired) electrons. The van der Waals surface area contributed by atoms with Crippen LogP contribution in [0.1, 0.15) is 40.5 Å². The molecule has 0 aromatic heterocycles. The van der Waals surface area contributed by atoms with Gasteiger partial charge in [0.05, 0.1) is 12.2 Å². The van der Waals surface area contributed by atoms with Crippen molar-refractivity contribution in [1.29, 1.82) is 5.26 Å². The van der Waals surface area contributed by atoms with Crippen LogP contribution in [0.2, 0.25) is 0 Å². The highest BCUT2D eigenvalue weighted by atomic mass is 16.5. The van der Waals surface area contributed by atoms with Crippen LogP contribution in [-0.4, -0.2) is 54.1 Å². The number of rotatable bonds is 6. The van der Waals surface area contributed by atoms with Gasteiger partial charge in [0, 0.05) is 32.4 Å². The Kier molecular flexibility index (Phi) is 7.24. The first-order chi connectivity index (χ1) is 10.0. The molecule has 1 aliphatic heterocycles. The van der Waals surface area contributed by atoms with Crippen LogP contribution in [0.25, 0.3) is 0 Å². The molecule has 0 aromatic carbocycles. The Morgan fingerprint density at radius 3 is 2.24 bits per heavy atom. The molecule has 2 atom stereocenters. The first kappa shape index (κ1) is 17.5. The quantitative estimate of drug-likeness (QED) is 0.556. The second kappa shape index (κ2) is 8.68. The van der Waals surface area contributed by atoms with E-state index >= 15 is 0 Å². The van der Waals surface area contributed by atoms with E-state index in [1.165, 1.54) is 0 Å². The van der Waals surface area contributed by atoms with Crippen LogP contribution < -0.4 is 0 Å². The van der Waals surface area contributed by atoms with Crippen LogP contribution >= 0.6 is 0 Å². The van der Waals surface area contributed by atoms with Crippen molar-refractivity contribution in [2.45, 2.75) is 52.7 Å². The third-order valence-electron chi connectivity index (χ3n) is 3.39. The lowest BCUT2D eigenvalue weighted by Gasteiger charge is -2.35. The summed E-state index contributed by atoms with van der Waals surface area (Å²) in [6.07, 6.45) is 3.74. The topological polar surface area (TPSA) is 56.6 Å². The predicted molar refractivity (Wildman–Crippen MR) is 82.4 cm³/mol. The van der Waals surface area contributed by atoms with Gasteiger partial charge in [0.1, 0.15) is 11.6 Å². The largest absolute Gasteiger partial charge is 0.376 e. The first-order valence-corrected chi connectivity index (χ1v) is 7.82. The first-order valence-electron chi connectivity index (χ1n) is 7.82. The van der Waals surface area contributed by atoms with E-state index in [1.807, 2.05) is 13.8 Å². The number of carbonyl (C=O) groups is 1. The maximum Gasteiger partial charge on any atom is 0.266 e. The molecular formula is C16H27N3O2. The van der Waals surface area contributed by atoms with Gasteiger partial charge in [-0.05, 0) is 26.7 Å². The van der Waals surface area contributed by atoms with E-state index < -0.39 is 0 Å². The lowest BCUT2D eigenvalue weighted by Crippen LogP contribution is -2.48. The third kappa shape index (κ3) is 5.39. The highest BCUT2D eigenvalue weighted by Crippen LogP contribution is 2.14. The summed E-state index contributed by atoms with van der Waals surface area (Å²) in [5.74, 6) is -0.184. The second-order valence-corrected chi connectivity index (χ2v) is 5.66. The van der Waals surface area contributed by atoms with E-state index in [4.69, 9.17) is 4.74 Å². The fraction of sp³-hybridized carbons (Fsp3) is 0.750. The van der Waals surface area contributed by atoms with E-state index in [-0.39, 0.29) is 23.7 Å². The van der Waals surface area contributed by atoms with Crippen LogP contribution in [0.5, 0.6) is 0 Å². The Balaban J connectivity index is 2.82. The van der Waals surface area contributed by atoms with E-state index in [2.05, 4.69) is 24.8 Å². The summed E-state index contributed by atoms with van der Waals surface area (Å²) in [5.41, 5.74) is 0.221. The molecule has 21 heavy (non-hydrogen) atoms. The molecule has 1 heterocycles. The molecule has 0 aliphatic carbocycles. The molecule has 2 unspecified atom stereocenters. The van der Waals surface area contributed by atoms with E-state index in [1.54, 1.807) is 11.1 Å². The maximum absolute atomic E-state index is 12.5. The van der Waals surface area contributed by atoms with Gasteiger partial charge < -0.3 is 14.5 Å². The lowest BCUT2D eigenvalue weighted by molar-refractivity contribution is -0.138. The van der Waals surface area contributed by atoms with E-state index in [0.717, 1.165) is 25.9 Å². The maximum atomic E-state index is 12.5. The molecule has 0 saturated carbocycles. The highest BCUT2D eigenvalue weighted by Gasteiger charge is 2.28. The van der Waals surface area contributed by atoms with Crippen molar-refractivity contribution < 1.29 is 9.53 Å². The van der Waals surface area contributed by atoms with Crippen molar-refractivity contribution >= 4 is 5.91 Å².